The largest absolute Gasteiger partial charge is 0.310 e. The van der Waals surface area contributed by atoms with Crippen LogP contribution in [0.2, 0.25) is 0 Å². The fourth-order valence-electron chi connectivity index (χ4n) is 16.3. The number of anilines is 6. The number of rotatable bonds is 8. The van der Waals surface area contributed by atoms with Crippen molar-refractivity contribution in [2.24, 2.45) is 23.7 Å². The maximum Gasteiger partial charge on any atom is 0.0727 e. The summed E-state index contributed by atoms with van der Waals surface area (Å²) >= 11 is 0. The molecule has 2 heteroatoms. The summed E-state index contributed by atoms with van der Waals surface area (Å²) in [5, 5.41) is 0. The average Bonchev–Trinajstić information content (AvgIpc) is 4.38. The van der Waals surface area contributed by atoms with Gasteiger partial charge in [0.05, 0.1) is 11.1 Å². The van der Waals surface area contributed by atoms with E-state index >= 15 is 0 Å². The Morgan fingerprint density at radius 3 is 1.52 bits per heavy atom. The molecular weight excluding hydrogens is 905 g/mol. The van der Waals surface area contributed by atoms with Gasteiger partial charge in [-0.1, -0.05) is 178 Å². The normalized spacial score (nSPS) is 22.1. The summed E-state index contributed by atoms with van der Waals surface area (Å²) < 4.78 is 0. The highest BCUT2D eigenvalue weighted by molar-refractivity contribution is 6.01. The third-order valence-corrected chi connectivity index (χ3v) is 19.2. The van der Waals surface area contributed by atoms with E-state index in [1.807, 2.05) is 0 Å². The van der Waals surface area contributed by atoms with E-state index in [1.54, 1.807) is 5.56 Å². The van der Waals surface area contributed by atoms with E-state index in [1.165, 1.54) is 115 Å². The predicted octanol–water partition coefficient (Wildman–Crippen LogP) is 19.1. The Morgan fingerprint density at radius 2 is 0.827 bits per heavy atom. The molecule has 4 bridgehead atoms. The summed E-state index contributed by atoms with van der Waals surface area (Å²) in [4.78, 5) is 5.04. The van der Waals surface area contributed by atoms with Gasteiger partial charge >= 0.3 is 0 Å². The van der Waals surface area contributed by atoms with Crippen LogP contribution in [0.4, 0.5) is 34.1 Å². The molecule has 7 aliphatic carbocycles. The lowest BCUT2D eigenvalue weighted by atomic mass is 9.70. The number of hydrogen-bond donors (Lipinski definition) is 0. The highest BCUT2D eigenvalue weighted by Gasteiger charge is 2.55. The first-order chi connectivity index (χ1) is 36.9. The highest BCUT2D eigenvalue weighted by Crippen LogP contribution is 2.66. The lowest BCUT2D eigenvalue weighted by Gasteiger charge is -2.34. The summed E-state index contributed by atoms with van der Waals surface area (Å²) in [5.74, 6) is 4.31. The van der Waals surface area contributed by atoms with E-state index in [-0.39, 0.29) is 5.41 Å². The topological polar surface area (TPSA) is 6.48 Å². The summed E-state index contributed by atoms with van der Waals surface area (Å²) in [6.45, 7) is 4.74. The van der Waals surface area contributed by atoms with Crippen LogP contribution in [-0.2, 0) is 10.8 Å². The zero-order valence-corrected chi connectivity index (χ0v) is 42.6. The molecule has 0 aromatic heterocycles. The van der Waals surface area contributed by atoms with Gasteiger partial charge in [0.25, 0.3) is 0 Å². The van der Waals surface area contributed by atoms with Crippen LogP contribution < -0.4 is 9.80 Å². The van der Waals surface area contributed by atoms with Crippen molar-refractivity contribution >= 4 is 34.1 Å². The average molecular weight is 963 g/mol. The Labute approximate surface area is 441 Å². The lowest BCUT2D eigenvalue weighted by Crippen LogP contribution is -2.26. The van der Waals surface area contributed by atoms with Crippen LogP contribution in [-0.4, -0.2) is 0 Å². The SMILES string of the molecule is CC1(C)c2ccccc2-c2cc(N(c3ccccc3)c3ccc4c(c3)C3(c5ccccc5-4)c4ccccc4-c4cc(-c5ccccc5)c(N(c5ccccc5)c5ccc(C6C7CC8CC(C7)C6C8)cc5)cc43)ccc21. The maximum absolute atomic E-state index is 2.60. The molecule has 0 N–H and O–H groups in total. The zero-order chi connectivity index (χ0) is 49.6. The molecule has 0 saturated heterocycles. The molecule has 75 heavy (non-hydrogen) atoms. The summed E-state index contributed by atoms with van der Waals surface area (Å²) in [6, 6.07) is 90.2. The molecule has 0 aliphatic heterocycles. The quantitative estimate of drug-likeness (QED) is 0.150. The van der Waals surface area contributed by atoms with Crippen LogP contribution in [0.25, 0.3) is 44.5 Å². The standard InChI is InChI=1S/C73H58N2/c1-72(2)64-27-15-12-25-57(64)62-42-54(35-37-65(62)72)74(51-20-8-4-9-21-51)55-34-36-59-56-24-13-16-28-66(56)73(68(59)43-55)67-29-17-14-26-58(67)63-44-60(47-18-6-3-7-19-47)70(45-69(63)73)75(52-22-10-5-11-23-52)53-32-30-48(31-33-53)71-50-39-46-38-49(41-50)61(71)40-46/h3-37,42-46,49-50,61,71H,38-41H2,1-2H3. The van der Waals surface area contributed by atoms with E-state index < -0.39 is 5.41 Å². The molecule has 2 nitrogen and oxygen atoms in total. The molecule has 7 aliphatic rings. The van der Waals surface area contributed by atoms with Crippen molar-refractivity contribution in [3.8, 4) is 44.5 Å². The molecule has 360 valence electrons. The van der Waals surface area contributed by atoms with Crippen molar-refractivity contribution in [3.63, 3.8) is 0 Å². The van der Waals surface area contributed by atoms with Gasteiger partial charge in [-0.25, -0.2) is 0 Å². The minimum atomic E-state index is -0.603. The molecule has 4 saturated carbocycles. The third-order valence-electron chi connectivity index (χ3n) is 19.2. The van der Waals surface area contributed by atoms with Crippen LogP contribution in [0.15, 0.2) is 237 Å². The minimum Gasteiger partial charge on any atom is -0.310 e. The van der Waals surface area contributed by atoms with Crippen molar-refractivity contribution in [1.82, 2.24) is 0 Å². The summed E-state index contributed by atoms with van der Waals surface area (Å²) in [6.07, 6.45) is 5.76. The van der Waals surface area contributed by atoms with Gasteiger partial charge in [0.15, 0.2) is 0 Å². The van der Waals surface area contributed by atoms with Gasteiger partial charge in [0.1, 0.15) is 0 Å². The van der Waals surface area contributed by atoms with E-state index in [4.69, 9.17) is 0 Å². The van der Waals surface area contributed by atoms with Gasteiger partial charge in [-0.2, -0.15) is 0 Å². The number of hydrogen-bond acceptors (Lipinski definition) is 2. The van der Waals surface area contributed by atoms with Crippen molar-refractivity contribution in [1.29, 1.82) is 0 Å². The molecule has 6 atom stereocenters. The van der Waals surface area contributed by atoms with Gasteiger partial charge in [0, 0.05) is 39.4 Å². The first-order valence-corrected chi connectivity index (χ1v) is 27.6. The summed E-state index contributed by atoms with van der Waals surface area (Å²) in [7, 11) is 0. The van der Waals surface area contributed by atoms with Crippen LogP contribution in [0.3, 0.4) is 0 Å². The molecule has 0 radical (unpaired) electrons. The highest BCUT2D eigenvalue weighted by atomic mass is 15.1. The van der Waals surface area contributed by atoms with Gasteiger partial charge in [-0.15, -0.1) is 0 Å². The third kappa shape index (κ3) is 6.14. The number of benzene rings is 10. The fourth-order valence-corrected chi connectivity index (χ4v) is 16.3. The second kappa shape index (κ2) is 16.1. The van der Waals surface area contributed by atoms with Crippen LogP contribution in [0, 0.1) is 23.7 Å². The van der Waals surface area contributed by atoms with E-state index in [2.05, 4.69) is 260 Å². The van der Waals surface area contributed by atoms with E-state index in [0.29, 0.717) is 5.92 Å². The van der Waals surface area contributed by atoms with Crippen LogP contribution in [0.1, 0.15) is 84.4 Å². The molecule has 0 heterocycles. The number of nitrogens with zero attached hydrogens (tertiary/aromatic N) is 2. The van der Waals surface area contributed by atoms with Gasteiger partial charge in [0.2, 0.25) is 0 Å². The van der Waals surface area contributed by atoms with Gasteiger partial charge in [-0.05, 0) is 206 Å². The van der Waals surface area contributed by atoms with E-state index in [0.717, 1.165) is 46.4 Å². The lowest BCUT2D eigenvalue weighted by molar-refractivity contribution is 0.249. The van der Waals surface area contributed by atoms with Crippen LogP contribution >= 0.6 is 0 Å². The van der Waals surface area contributed by atoms with Gasteiger partial charge < -0.3 is 9.80 Å². The van der Waals surface area contributed by atoms with Gasteiger partial charge in [-0.3, -0.25) is 0 Å². The molecule has 17 rings (SSSR count). The first kappa shape index (κ1) is 43.2. The predicted molar refractivity (Wildman–Crippen MR) is 310 cm³/mol. The smallest absolute Gasteiger partial charge is 0.0727 e. The molecule has 6 unspecified atom stereocenters. The molecule has 10 aromatic carbocycles. The number of para-hydroxylation sites is 2. The Hall–Kier alpha value is -8.20. The molecule has 10 aromatic rings. The Bertz CT molecular complexity index is 3910. The van der Waals surface area contributed by atoms with E-state index in [9.17, 15) is 0 Å². The van der Waals surface area contributed by atoms with Crippen LogP contribution in [0.5, 0.6) is 0 Å². The minimum absolute atomic E-state index is 0.0787. The molecular formula is C73H58N2. The summed E-state index contributed by atoms with van der Waals surface area (Å²) in [5.41, 5.74) is 26.1. The second-order valence-electron chi connectivity index (χ2n) is 23.2. The van der Waals surface area contributed by atoms with Crippen molar-refractivity contribution in [2.75, 3.05) is 9.80 Å². The Morgan fingerprint density at radius 1 is 0.333 bits per heavy atom. The first-order valence-electron chi connectivity index (χ1n) is 27.6. The zero-order valence-electron chi connectivity index (χ0n) is 42.6. The Kier molecular flexibility index (Phi) is 9.31. The molecule has 0 amide bonds. The second-order valence-corrected chi connectivity index (χ2v) is 23.2. The molecule has 1 spiro atoms. The molecule has 4 fully saturated rings. The van der Waals surface area contributed by atoms with Crippen molar-refractivity contribution in [2.45, 2.75) is 56.3 Å². The Balaban J connectivity index is 0.925. The monoisotopic (exact) mass is 962 g/mol. The maximum atomic E-state index is 2.60. The van der Waals surface area contributed by atoms with Crippen molar-refractivity contribution in [3.05, 3.63) is 276 Å². The number of fused-ring (bicyclic) bond motifs is 13. The fraction of sp³-hybridized carbons (Fsp3) is 0.178. The van der Waals surface area contributed by atoms with Crippen molar-refractivity contribution < 1.29 is 0 Å².